The highest BCUT2D eigenvalue weighted by atomic mass is 14.8. The number of nitrogens with one attached hydrogen (secondary N) is 1. The summed E-state index contributed by atoms with van der Waals surface area (Å²) in [5, 5.41) is 3.13. The smallest absolute Gasteiger partial charge is 0.0334 e. The van der Waals surface area contributed by atoms with Crippen LogP contribution in [0.1, 0.15) is 13.8 Å². The maximum Gasteiger partial charge on any atom is 0.0334 e. The van der Waals surface area contributed by atoms with Gasteiger partial charge in [0.1, 0.15) is 0 Å². The minimum absolute atomic E-state index is 0.931. The van der Waals surface area contributed by atoms with Crippen molar-refractivity contribution in [3.05, 3.63) is 47.7 Å². The second kappa shape index (κ2) is 4.60. The molecule has 1 nitrogen and oxygen atoms in total. The standard InChI is InChI=1S/C11H15N/c1-3-5-10(4-2)11-6-8-12-9-7-11/h3-8,12H,9H2,1-2H3/b5-3-,10-4+. The van der Waals surface area contributed by atoms with E-state index in [1.165, 1.54) is 11.1 Å². The fraction of sp³-hybridized carbons (Fsp3) is 0.273. The van der Waals surface area contributed by atoms with Crippen molar-refractivity contribution in [3.63, 3.8) is 0 Å². The van der Waals surface area contributed by atoms with Gasteiger partial charge in [0.05, 0.1) is 0 Å². The minimum Gasteiger partial charge on any atom is -0.387 e. The zero-order valence-corrected chi connectivity index (χ0v) is 7.67. The van der Waals surface area contributed by atoms with Gasteiger partial charge in [-0.25, -0.2) is 0 Å². The van der Waals surface area contributed by atoms with Crippen molar-refractivity contribution in [2.24, 2.45) is 0 Å². The molecule has 0 spiro atoms. The largest absolute Gasteiger partial charge is 0.387 e. The van der Waals surface area contributed by atoms with E-state index >= 15 is 0 Å². The molecule has 0 saturated heterocycles. The maximum absolute atomic E-state index is 3.13. The summed E-state index contributed by atoms with van der Waals surface area (Å²) in [5.74, 6) is 0. The Bertz CT molecular complexity index is 252. The van der Waals surface area contributed by atoms with Gasteiger partial charge in [-0.1, -0.05) is 24.3 Å². The Morgan fingerprint density at radius 2 is 2.33 bits per heavy atom. The van der Waals surface area contributed by atoms with E-state index in [9.17, 15) is 0 Å². The highest BCUT2D eigenvalue weighted by molar-refractivity contribution is 5.47. The topological polar surface area (TPSA) is 12.0 Å². The first kappa shape index (κ1) is 8.85. The third-order valence-electron chi connectivity index (χ3n) is 1.81. The number of rotatable bonds is 2. The second-order valence-corrected chi connectivity index (χ2v) is 2.65. The average Bonchev–Trinajstić information content (AvgIpc) is 2.15. The first-order chi connectivity index (χ1) is 5.88. The van der Waals surface area contributed by atoms with E-state index in [2.05, 4.69) is 42.6 Å². The Balaban J connectivity index is 2.79. The lowest BCUT2D eigenvalue weighted by Gasteiger charge is -2.08. The van der Waals surface area contributed by atoms with Gasteiger partial charge in [-0.15, -0.1) is 0 Å². The second-order valence-electron chi connectivity index (χ2n) is 2.65. The van der Waals surface area contributed by atoms with Gasteiger partial charge in [0.2, 0.25) is 0 Å². The first-order valence-corrected chi connectivity index (χ1v) is 4.28. The van der Waals surface area contributed by atoms with Gasteiger partial charge in [0.15, 0.2) is 0 Å². The fourth-order valence-electron chi connectivity index (χ4n) is 1.21. The normalized spacial score (nSPS) is 17.8. The summed E-state index contributed by atoms with van der Waals surface area (Å²) in [6.07, 6.45) is 12.6. The molecule has 0 bridgehead atoms. The average molecular weight is 161 g/mol. The van der Waals surface area contributed by atoms with E-state index in [1.54, 1.807) is 0 Å². The molecule has 0 amide bonds. The van der Waals surface area contributed by atoms with Crippen LogP contribution >= 0.6 is 0 Å². The van der Waals surface area contributed by atoms with Gasteiger partial charge in [-0.05, 0) is 37.3 Å². The van der Waals surface area contributed by atoms with Crippen LogP contribution in [0.4, 0.5) is 0 Å². The molecule has 0 saturated carbocycles. The number of allylic oxidation sites excluding steroid dienone is 6. The van der Waals surface area contributed by atoms with Crippen LogP contribution in [0, 0.1) is 0 Å². The van der Waals surface area contributed by atoms with Crippen LogP contribution in [0.3, 0.4) is 0 Å². The summed E-state index contributed by atoms with van der Waals surface area (Å²) >= 11 is 0. The zero-order valence-electron chi connectivity index (χ0n) is 7.67. The molecule has 0 unspecified atom stereocenters. The number of hydrogen-bond acceptors (Lipinski definition) is 1. The molecule has 12 heavy (non-hydrogen) atoms. The number of dihydropyridines is 1. The highest BCUT2D eigenvalue weighted by Crippen LogP contribution is 2.14. The van der Waals surface area contributed by atoms with E-state index in [1.807, 2.05) is 13.1 Å². The lowest BCUT2D eigenvalue weighted by atomic mass is 10.0. The predicted molar refractivity (Wildman–Crippen MR) is 53.8 cm³/mol. The third kappa shape index (κ3) is 2.12. The molecule has 1 rings (SSSR count). The van der Waals surface area contributed by atoms with Crippen molar-refractivity contribution in [2.75, 3.05) is 6.54 Å². The predicted octanol–water partition coefficient (Wildman–Crippen LogP) is 2.55. The van der Waals surface area contributed by atoms with Crippen molar-refractivity contribution in [3.8, 4) is 0 Å². The third-order valence-corrected chi connectivity index (χ3v) is 1.81. The van der Waals surface area contributed by atoms with Gasteiger partial charge in [0, 0.05) is 6.54 Å². The Labute approximate surface area is 74.2 Å². The van der Waals surface area contributed by atoms with E-state index in [0.29, 0.717) is 0 Å². The van der Waals surface area contributed by atoms with Crippen LogP contribution < -0.4 is 5.32 Å². The Hall–Kier alpha value is -1.24. The summed E-state index contributed by atoms with van der Waals surface area (Å²) in [7, 11) is 0. The van der Waals surface area contributed by atoms with Gasteiger partial charge in [0.25, 0.3) is 0 Å². The van der Waals surface area contributed by atoms with E-state index in [4.69, 9.17) is 0 Å². The molecule has 0 radical (unpaired) electrons. The van der Waals surface area contributed by atoms with E-state index < -0.39 is 0 Å². The van der Waals surface area contributed by atoms with Crippen LogP contribution in [0.15, 0.2) is 47.7 Å². The van der Waals surface area contributed by atoms with E-state index in [-0.39, 0.29) is 0 Å². The van der Waals surface area contributed by atoms with Crippen molar-refractivity contribution in [2.45, 2.75) is 13.8 Å². The van der Waals surface area contributed by atoms with Crippen molar-refractivity contribution < 1.29 is 0 Å². The van der Waals surface area contributed by atoms with Gasteiger partial charge >= 0.3 is 0 Å². The molecule has 1 heteroatoms. The summed E-state index contributed by atoms with van der Waals surface area (Å²) in [6, 6.07) is 0. The Kier molecular flexibility index (Phi) is 3.39. The quantitative estimate of drug-likeness (QED) is 0.614. The van der Waals surface area contributed by atoms with Crippen molar-refractivity contribution in [1.29, 1.82) is 0 Å². The van der Waals surface area contributed by atoms with Crippen LogP contribution in [0.2, 0.25) is 0 Å². The molecule has 0 atom stereocenters. The molecule has 1 aliphatic rings. The molecule has 0 aromatic heterocycles. The molecule has 1 heterocycles. The molecule has 1 N–H and O–H groups in total. The Morgan fingerprint density at radius 1 is 1.50 bits per heavy atom. The fourth-order valence-corrected chi connectivity index (χ4v) is 1.21. The SMILES string of the molecule is C/C=C\C(=C/C)C1=CCNC=C1. The zero-order chi connectivity index (χ0) is 8.81. The van der Waals surface area contributed by atoms with Crippen molar-refractivity contribution in [1.82, 2.24) is 5.32 Å². The maximum atomic E-state index is 3.13. The summed E-state index contributed by atoms with van der Waals surface area (Å²) in [4.78, 5) is 0. The van der Waals surface area contributed by atoms with Crippen LogP contribution in [-0.2, 0) is 0 Å². The molecular formula is C11H15N. The molecule has 0 fully saturated rings. The highest BCUT2D eigenvalue weighted by Gasteiger charge is 1.98. The molecular weight excluding hydrogens is 146 g/mol. The van der Waals surface area contributed by atoms with E-state index in [0.717, 1.165) is 6.54 Å². The van der Waals surface area contributed by atoms with Crippen LogP contribution in [0.5, 0.6) is 0 Å². The van der Waals surface area contributed by atoms with Gasteiger partial charge in [-0.2, -0.15) is 0 Å². The van der Waals surface area contributed by atoms with Crippen molar-refractivity contribution >= 4 is 0 Å². The minimum atomic E-state index is 0.931. The molecule has 0 aromatic rings. The number of hydrogen-bond donors (Lipinski definition) is 1. The van der Waals surface area contributed by atoms with Gasteiger partial charge in [-0.3, -0.25) is 0 Å². The van der Waals surface area contributed by atoms with Gasteiger partial charge < -0.3 is 5.32 Å². The Morgan fingerprint density at radius 3 is 2.83 bits per heavy atom. The first-order valence-electron chi connectivity index (χ1n) is 4.28. The summed E-state index contributed by atoms with van der Waals surface area (Å²) in [5.41, 5.74) is 2.59. The monoisotopic (exact) mass is 161 g/mol. The van der Waals surface area contributed by atoms with Crippen LogP contribution in [-0.4, -0.2) is 6.54 Å². The lowest BCUT2D eigenvalue weighted by Crippen LogP contribution is -2.09. The summed E-state index contributed by atoms with van der Waals surface area (Å²) < 4.78 is 0. The van der Waals surface area contributed by atoms with Crippen LogP contribution in [0.25, 0.3) is 0 Å². The molecule has 64 valence electrons. The lowest BCUT2D eigenvalue weighted by molar-refractivity contribution is 0.961. The summed E-state index contributed by atoms with van der Waals surface area (Å²) in [6.45, 7) is 5.03. The molecule has 0 aromatic carbocycles. The molecule has 0 aliphatic carbocycles. The molecule has 1 aliphatic heterocycles.